The van der Waals surface area contributed by atoms with Gasteiger partial charge in [-0.2, -0.15) is 4.21 Å². The molecule has 0 heterocycles. The van der Waals surface area contributed by atoms with E-state index in [4.69, 9.17) is 13.3 Å². The van der Waals surface area contributed by atoms with Crippen molar-refractivity contribution in [3.05, 3.63) is 0 Å². The monoisotopic (exact) mass is 155 g/mol. The minimum atomic E-state index is -2.61. The predicted molar refractivity (Wildman–Crippen MR) is 18.4 cm³/mol. The zero-order valence-corrected chi connectivity index (χ0v) is 4.69. The molecule has 6 heavy (non-hydrogen) atoms. The van der Waals surface area contributed by atoms with Crippen LogP contribution in [0.5, 0.6) is 0 Å². The van der Waals surface area contributed by atoms with Crippen molar-refractivity contribution < 1.29 is 30.4 Å². The average Bonchev–Trinajstić information content (AvgIpc) is 0.811. The van der Waals surface area contributed by atoms with Crippen LogP contribution in [0.25, 0.3) is 0 Å². The van der Waals surface area contributed by atoms with E-state index in [1.54, 1.807) is 0 Å². The molecule has 4 nitrogen and oxygen atoms in total. The summed E-state index contributed by atoms with van der Waals surface area (Å²) in [4.78, 5) is 0. The molecule has 0 aliphatic carbocycles. The largest absolute Gasteiger partial charge is 0.344 e. The van der Waals surface area contributed by atoms with Gasteiger partial charge >= 0.3 is 0 Å². The van der Waals surface area contributed by atoms with Crippen LogP contribution in [0, 0.1) is 0 Å². The summed E-state index contributed by atoms with van der Waals surface area (Å²) in [6.45, 7) is 0. The molecule has 0 aromatic carbocycles. The van der Waals surface area contributed by atoms with E-state index in [0.29, 0.717) is 0 Å². The smallest absolute Gasteiger partial charge is 0.299 e. The van der Waals surface area contributed by atoms with E-state index in [1.807, 2.05) is 0 Å². The van der Waals surface area contributed by atoms with Crippen LogP contribution in [0.3, 0.4) is 0 Å². The molecule has 0 radical (unpaired) electrons. The fourth-order valence-corrected chi connectivity index (χ4v) is 0. The van der Waals surface area contributed by atoms with Crippen molar-refractivity contribution >= 4 is 11.4 Å². The van der Waals surface area contributed by atoms with Crippen LogP contribution in [0.2, 0.25) is 0 Å². The van der Waals surface area contributed by atoms with E-state index in [1.165, 1.54) is 0 Å². The molecule has 0 saturated carbocycles. The van der Waals surface area contributed by atoms with Gasteiger partial charge in [0.2, 0.25) is 0 Å². The van der Waals surface area contributed by atoms with Gasteiger partial charge in [0.15, 0.2) is 0 Å². The summed E-state index contributed by atoms with van der Waals surface area (Å²) in [6, 6.07) is 0. The fraction of sp³-hybridized carbons (Fsp3) is 0. The summed E-state index contributed by atoms with van der Waals surface area (Å²) in [5.41, 5.74) is 0. The van der Waals surface area contributed by atoms with Crippen LogP contribution in [0.1, 0.15) is 0 Å². The van der Waals surface area contributed by atoms with Crippen molar-refractivity contribution in [3.63, 3.8) is 0 Å². The van der Waals surface area contributed by atoms with E-state index in [2.05, 4.69) is 0 Å². The van der Waals surface area contributed by atoms with Gasteiger partial charge < -0.3 is 6.15 Å². The molecule has 0 atom stereocenters. The Morgan fingerprint density at radius 1 is 1.33 bits per heavy atom. The first-order valence-electron chi connectivity index (χ1n) is 0.532. The topological polar surface area (TPSA) is 92.5 Å². The van der Waals surface area contributed by atoms with Gasteiger partial charge in [0, 0.05) is 17.1 Å². The molecule has 6 heteroatoms. The number of hydrogen-bond acceptors (Lipinski definition) is 2. The van der Waals surface area contributed by atoms with Crippen LogP contribution < -0.4 is 6.15 Å². The van der Waals surface area contributed by atoms with E-state index in [9.17, 15) is 0 Å². The van der Waals surface area contributed by atoms with E-state index in [-0.39, 0.29) is 23.2 Å². The second-order valence-electron chi connectivity index (χ2n) is 0.231. The average molecular weight is 155 g/mol. The molecule has 0 aliphatic rings. The Morgan fingerprint density at radius 2 is 1.33 bits per heavy atom. The van der Waals surface area contributed by atoms with Crippen LogP contribution in [0.15, 0.2) is 0 Å². The third-order valence-corrected chi connectivity index (χ3v) is 0. The Hall–Kier alpha value is 0.549. The Balaban J connectivity index is -0.0000000450. The van der Waals surface area contributed by atoms with Gasteiger partial charge in [-0.25, -0.2) is 0 Å². The van der Waals surface area contributed by atoms with E-state index in [0.717, 1.165) is 0 Å². The first-order chi connectivity index (χ1) is 1.73. The van der Waals surface area contributed by atoms with Crippen LogP contribution >= 0.6 is 0 Å². The van der Waals surface area contributed by atoms with Crippen LogP contribution in [-0.2, 0) is 28.4 Å². The second-order valence-corrected chi connectivity index (χ2v) is 0.692. The molecule has 0 aliphatic heterocycles. The zero-order chi connectivity index (χ0) is 3.58. The number of rotatable bonds is 0. The normalized spacial score (nSPS) is 5.83. The molecule has 0 unspecified atom stereocenters. The van der Waals surface area contributed by atoms with E-state index >= 15 is 0 Å². The van der Waals surface area contributed by atoms with Gasteiger partial charge in [0.25, 0.3) is 11.4 Å². The summed E-state index contributed by atoms with van der Waals surface area (Å²) >= 11 is -2.61. The van der Waals surface area contributed by atoms with Crippen molar-refractivity contribution in [1.82, 2.24) is 6.15 Å². The Labute approximate surface area is 48.5 Å². The van der Waals surface area contributed by atoms with Gasteiger partial charge in [0.05, 0.1) is 0 Å². The van der Waals surface area contributed by atoms with Crippen molar-refractivity contribution in [2.45, 2.75) is 0 Å². The summed E-state index contributed by atoms with van der Waals surface area (Å²) in [6.07, 6.45) is 0. The molecule has 42 valence electrons. The molecule has 0 saturated heterocycles. The molecule has 0 aromatic rings. The minimum Gasteiger partial charge on any atom is -0.344 e. The zero-order valence-electron chi connectivity index (χ0n) is 2.77. The minimum absolute atomic E-state index is 0. The van der Waals surface area contributed by atoms with Gasteiger partial charge in [-0.05, 0) is 0 Å². The maximum absolute atomic E-state index is 8.67. The molecular weight excluding hydrogens is 150 g/mol. The molecule has 0 amide bonds. The van der Waals surface area contributed by atoms with Gasteiger partial charge in [-0.3, -0.25) is 9.11 Å². The Kier molecular flexibility index (Phi) is 24.3. The van der Waals surface area contributed by atoms with Crippen LogP contribution in [0.4, 0.5) is 0 Å². The molecular formula is H5FeNO3S. The van der Waals surface area contributed by atoms with Crippen molar-refractivity contribution in [1.29, 1.82) is 0 Å². The molecule has 0 spiro atoms. The maximum atomic E-state index is 8.67. The van der Waals surface area contributed by atoms with Crippen molar-refractivity contribution in [2.75, 3.05) is 0 Å². The summed E-state index contributed by atoms with van der Waals surface area (Å²) in [7, 11) is 0. The van der Waals surface area contributed by atoms with Gasteiger partial charge in [-0.15, -0.1) is 0 Å². The van der Waals surface area contributed by atoms with Gasteiger partial charge in [0.1, 0.15) is 0 Å². The molecule has 0 rings (SSSR count). The first-order valence-corrected chi connectivity index (χ1v) is 1.60. The van der Waals surface area contributed by atoms with Crippen molar-refractivity contribution in [3.8, 4) is 0 Å². The van der Waals surface area contributed by atoms with Crippen LogP contribution in [-0.4, -0.2) is 13.3 Å². The molecule has 0 bridgehead atoms. The molecule has 0 fully saturated rings. The third-order valence-electron chi connectivity index (χ3n) is 0. The fourth-order valence-electron chi connectivity index (χ4n) is 0. The Morgan fingerprint density at radius 3 is 1.33 bits per heavy atom. The maximum Gasteiger partial charge on any atom is 0.299 e. The third kappa shape index (κ3) is 190. The second kappa shape index (κ2) is 9.12. The van der Waals surface area contributed by atoms with E-state index < -0.39 is 11.4 Å². The quantitative estimate of drug-likeness (QED) is 0.334. The predicted octanol–water partition coefficient (Wildman–Crippen LogP) is -0.159. The first kappa shape index (κ1) is 16.0. The van der Waals surface area contributed by atoms with Gasteiger partial charge in [-0.1, -0.05) is 0 Å². The molecule has 0 aromatic heterocycles. The SMILES string of the molecule is N.O=S(O)O.[Fe]. The Bertz CT molecular complexity index is 33.8. The van der Waals surface area contributed by atoms with Crippen molar-refractivity contribution in [2.24, 2.45) is 0 Å². The standard InChI is InChI=1S/Fe.H3N.H2O3S/c;;1-4(2)3/h;1H3;(H2,1,2,3). The molecule has 5 N–H and O–H groups in total. The summed E-state index contributed by atoms with van der Waals surface area (Å²) in [5.74, 6) is 0. The summed E-state index contributed by atoms with van der Waals surface area (Å²) < 4.78 is 22.8. The number of hydrogen-bond donors (Lipinski definition) is 3. The summed E-state index contributed by atoms with van der Waals surface area (Å²) in [5, 5.41) is 0.